The van der Waals surface area contributed by atoms with Crippen molar-refractivity contribution in [1.29, 1.82) is 0 Å². The van der Waals surface area contributed by atoms with E-state index >= 15 is 0 Å². The number of aliphatic hydroxyl groups is 1. The number of aliphatic hydroxyl groups excluding tert-OH is 1. The van der Waals surface area contributed by atoms with Crippen molar-refractivity contribution < 1.29 is 9.90 Å². The summed E-state index contributed by atoms with van der Waals surface area (Å²) < 4.78 is 0. The van der Waals surface area contributed by atoms with Crippen LogP contribution in [0.3, 0.4) is 0 Å². The molecular weight excluding hydrogens is 154 g/mol. The molecule has 1 heterocycles. The first-order valence-electron chi connectivity index (χ1n) is 4.49. The third-order valence-corrected chi connectivity index (χ3v) is 2.55. The first-order valence-corrected chi connectivity index (χ1v) is 4.49. The number of carbonyl (C=O) groups excluding carboxylic acids is 1. The van der Waals surface area contributed by atoms with Gasteiger partial charge in [0.1, 0.15) is 0 Å². The maximum absolute atomic E-state index is 11.5. The lowest BCUT2D eigenvalue weighted by Crippen LogP contribution is -2.33. The van der Waals surface area contributed by atoms with Crippen molar-refractivity contribution in [2.24, 2.45) is 11.8 Å². The molecule has 1 aliphatic rings. The maximum atomic E-state index is 11.5. The van der Waals surface area contributed by atoms with Gasteiger partial charge in [-0.25, -0.2) is 0 Å². The first-order chi connectivity index (χ1) is 5.52. The van der Waals surface area contributed by atoms with E-state index in [4.69, 9.17) is 5.11 Å². The highest BCUT2D eigenvalue weighted by Gasteiger charge is 2.34. The minimum atomic E-state index is -0.411. The number of hydrogen-bond acceptors (Lipinski definition) is 2. The van der Waals surface area contributed by atoms with E-state index in [9.17, 15) is 4.79 Å². The van der Waals surface area contributed by atoms with Gasteiger partial charge in [-0.05, 0) is 12.8 Å². The van der Waals surface area contributed by atoms with Gasteiger partial charge in [0.2, 0.25) is 5.91 Å². The molecule has 0 saturated carbocycles. The van der Waals surface area contributed by atoms with Gasteiger partial charge in [-0.2, -0.15) is 0 Å². The lowest BCUT2D eigenvalue weighted by molar-refractivity contribution is -0.131. The van der Waals surface area contributed by atoms with E-state index < -0.39 is 6.10 Å². The van der Waals surface area contributed by atoms with Crippen LogP contribution in [0.1, 0.15) is 20.8 Å². The zero-order valence-electron chi connectivity index (χ0n) is 7.95. The van der Waals surface area contributed by atoms with Gasteiger partial charge in [0, 0.05) is 19.0 Å². The molecule has 1 N–H and O–H groups in total. The molecule has 1 rings (SSSR count). The lowest BCUT2D eigenvalue weighted by Gasteiger charge is -2.17. The van der Waals surface area contributed by atoms with E-state index in [1.165, 1.54) is 0 Å². The summed E-state index contributed by atoms with van der Waals surface area (Å²) >= 11 is 0. The lowest BCUT2D eigenvalue weighted by atomic mass is 10.0. The summed E-state index contributed by atoms with van der Waals surface area (Å²) in [6, 6.07) is 0. The largest absolute Gasteiger partial charge is 0.392 e. The Bertz CT molecular complexity index is 177. The predicted molar refractivity (Wildman–Crippen MR) is 46.6 cm³/mol. The number of likely N-dealkylation sites (tertiary alicyclic amines) is 1. The number of amides is 1. The predicted octanol–water partition coefficient (Wildman–Crippen LogP) is 0.482. The van der Waals surface area contributed by atoms with Gasteiger partial charge in [0.25, 0.3) is 0 Å². The average Bonchev–Trinajstić information content (AvgIpc) is 2.17. The van der Waals surface area contributed by atoms with Crippen LogP contribution in [0.5, 0.6) is 0 Å². The minimum absolute atomic E-state index is 0.128. The van der Waals surface area contributed by atoms with Crippen LogP contribution in [0.25, 0.3) is 0 Å². The fourth-order valence-electron chi connectivity index (χ4n) is 1.61. The molecule has 1 aliphatic heterocycles. The molecule has 1 saturated heterocycles. The summed E-state index contributed by atoms with van der Waals surface area (Å²) in [5, 5.41) is 9.11. The number of rotatable bonds is 2. The average molecular weight is 171 g/mol. The van der Waals surface area contributed by atoms with Crippen LogP contribution in [0.2, 0.25) is 0 Å². The fraction of sp³-hybridized carbons (Fsp3) is 0.889. The van der Waals surface area contributed by atoms with Gasteiger partial charge in [-0.3, -0.25) is 4.79 Å². The van der Waals surface area contributed by atoms with Crippen molar-refractivity contribution in [2.75, 3.05) is 13.1 Å². The van der Waals surface area contributed by atoms with E-state index in [0.717, 1.165) is 6.54 Å². The summed E-state index contributed by atoms with van der Waals surface area (Å²) in [5.74, 6) is 0.739. The number of nitrogens with zero attached hydrogens (tertiary/aromatic N) is 1. The standard InChI is InChI=1S/C9H17NO2/c1-6-4-10(5-7(2)11)9(12)8(6)3/h6-8,11H,4-5H2,1-3H3/t6?,7-,8?/m0/s1. The van der Waals surface area contributed by atoms with Crippen molar-refractivity contribution in [1.82, 2.24) is 4.90 Å². The second kappa shape index (κ2) is 3.44. The molecule has 0 aliphatic carbocycles. The van der Waals surface area contributed by atoms with Gasteiger partial charge in [0.15, 0.2) is 0 Å². The zero-order valence-corrected chi connectivity index (χ0v) is 7.95. The highest BCUT2D eigenvalue weighted by atomic mass is 16.3. The summed E-state index contributed by atoms with van der Waals surface area (Å²) in [7, 11) is 0. The third kappa shape index (κ3) is 1.78. The van der Waals surface area contributed by atoms with Crippen LogP contribution in [-0.2, 0) is 4.79 Å². The summed E-state index contributed by atoms with van der Waals surface area (Å²) in [6.07, 6.45) is -0.411. The second-order valence-electron chi connectivity index (χ2n) is 3.86. The van der Waals surface area contributed by atoms with Crippen molar-refractivity contribution in [3.05, 3.63) is 0 Å². The van der Waals surface area contributed by atoms with E-state index in [-0.39, 0.29) is 11.8 Å². The fourth-order valence-corrected chi connectivity index (χ4v) is 1.61. The van der Waals surface area contributed by atoms with Crippen LogP contribution in [0.15, 0.2) is 0 Å². The Kier molecular flexibility index (Phi) is 2.73. The molecule has 0 bridgehead atoms. The Morgan fingerprint density at radius 1 is 1.67 bits per heavy atom. The number of β-amino-alcohol motifs (C(OH)–C–C–N with tert-alkyl or cyclic N) is 1. The molecule has 0 aromatic carbocycles. The molecule has 70 valence electrons. The minimum Gasteiger partial charge on any atom is -0.392 e. The Balaban J connectivity index is 2.53. The smallest absolute Gasteiger partial charge is 0.225 e. The second-order valence-corrected chi connectivity index (χ2v) is 3.86. The maximum Gasteiger partial charge on any atom is 0.225 e. The van der Waals surface area contributed by atoms with E-state index in [1.54, 1.807) is 11.8 Å². The van der Waals surface area contributed by atoms with Crippen LogP contribution in [0, 0.1) is 11.8 Å². The van der Waals surface area contributed by atoms with Gasteiger partial charge in [-0.1, -0.05) is 13.8 Å². The zero-order chi connectivity index (χ0) is 9.30. The summed E-state index contributed by atoms with van der Waals surface area (Å²) in [5.41, 5.74) is 0. The topological polar surface area (TPSA) is 40.5 Å². The number of carbonyl (C=O) groups is 1. The molecule has 0 aromatic heterocycles. The summed E-state index contributed by atoms with van der Waals surface area (Å²) in [6.45, 7) is 7.01. The van der Waals surface area contributed by atoms with Crippen LogP contribution in [-0.4, -0.2) is 35.1 Å². The molecule has 1 amide bonds. The van der Waals surface area contributed by atoms with E-state index in [1.807, 2.05) is 6.92 Å². The molecular formula is C9H17NO2. The molecule has 0 spiro atoms. The molecule has 3 atom stereocenters. The third-order valence-electron chi connectivity index (χ3n) is 2.55. The normalized spacial score (nSPS) is 32.7. The molecule has 3 nitrogen and oxygen atoms in total. The highest BCUT2D eigenvalue weighted by Crippen LogP contribution is 2.23. The quantitative estimate of drug-likeness (QED) is 0.656. The first kappa shape index (κ1) is 9.52. The van der Waals surface area contributed by atoms with Gasteiger partial charge >= 0.3 is 0 Å². The molecule has 2 unspecified atom stereocenters. The Labute approximate surface area is 73.4 Å². The van der Waals surface area contributed by atoms with Crippen molar-refractivity contribution in [2.45, 2.75) is 26.9 Å². The van der Waals surface area contributed by atoms with E-state index in [2.05, 4.69) is 6.92 Å². The van der Waals surface area contributed by atoms with E-state index in [0.29, 0.717) is 12.5 Å². The molecule has 3 heteroatoms. The highest BCUT2D eigenvalue weighted by molar-refractivity contribution is 5.80. The Morgan fingerprint density at radius 2 is 2.25 bits per heavy atom. The van der Waals surface area contributed by atoms with Crippen molar-refractivity contribution in [3.8, 4) is 0 Å². The number of hydrogen-bond donors (Lipinski definition) is 1. The molecule has 1 fully saturated rings. The molecule has 0 aromatic rings. The van der Waals surface area contributed by atoms with Crippen molar-refractivity contribution in [3.63, 3.8) is 0 Å². The van der Waals surface area contributed by atoms with Gasteiger partial charge < -0.3 is 10.0 Å². The van der Waals surface area contributed by atoms with Crippen LogP contribution in [0.4, 0.5) is 0 Å². The summed E-state index contributed by atoms with van der Waals surface area (Å²) in [4.78, 5) is 13.2. The van der Waals surface area contributed by atoms with Crippen LogP contribution < -0.4 is 0 Å². The molecule has 12 heavy (non-hydrogen) atoms. The Hall–Kier alpha value is -0.570. The Morgan fingerprint density at radius 3 is 2.58 bits per heavy atom. The van der Waals surface area contributed by atoms with Crippen molar-refractivity contribution >= 4 is 5.91 Å². The van der Waals surface area contributed by atoms with Gasteiger partial charge in [-0.15, -0.1) is 0 Å². The molecule has 0 radical (unpaired) electrons. The van der Waals surface area contributed by atoms with Gasteiger partial charge in [0.05, 0.1) is 6.10 Å². The monoisotopic (exact) mass is 171 g/mol. The van der Waals surface area contributed by atoms with Crippen LogP contribution >= 0.6 is 0 Å². The SMILES string of the molecule is CC1CN(C[C@H](C)O)C(=O)C1C.